The van der Waals surface area contributed by atoms with Crippen LogP contribution in [0.2, 0.25) is 0 Å². The molecule has 10 nitrogen and oxygen atoms in total. The minimum Gasteiger partial charge on any atom is -0.441 e. The van der Waals surface area contributed by atoms with Crippen LogP contribution >= 0.6 is 0 Å². The highest BCUT2D eigenvalue weighted by atomic mass is 19.4. The first kappa shape index (κ1) is 22.8. The second kappa shape index (κ2) is 8.84. The van der Waals surface area contributed by atoms with E-state index in [1.165, 1.54) is 29.0 Å². The lowest BCUT2D eigenvalue weighted by Gasteiger charge is -2.16. The van der Waals surface area contributed by atoms with Gasteiger partial charge in [0.2, 0.25) is 0 Å². The Hall–Kier alpha value is -3.42. The third-order valence-corrected chi connectivity index (χ3v) is 4.72. The van der Waals surface area contributed by atoms with E-state index in [1.54, 1.807) is 13.8 Å². The number of aromatic amines is 1. The van der Waals surface area contributed by atoms with Crippen molar-refractivity contribution in [1.82, 2.24) is 30.1 Å². The van der Waals surface area contributed by atoms with Gasteiger partial charge in [0.15, 0.2) is 23.9 Å². The van der Waals surface area contributed by atoms with E-state index >= 15 is 0 Å². The number of carbonyl (C=O) groups is 1. The summed E-state index contributed by atoms with van der Waals surface area (Å²) in [6.45, 7) is 3.37. The standard InChI is InChI=1S/C19H21F4N7O3/c1-9(2)25-18(31)33-13-8-32-16(15(13)20)11-6-14(28-27-11)26-17-12-5-10(7-19(21,22)23)29-30(12)4-3-24-17/h3-6,9,13,15-16H,7-8H2,1-2H3,(H,25,31)(H2,24,26,27,28)/t13-,15+,16-/m1/s1. The maximum absolute atomic E-state index is 14.8. The topological polar surface area (TPSA) is 118 Å². The summed E-state index contributed by atoms with van der Waals surface area (Å²) in [5.74, 6) is 0.453. The number of hydrogen-bond acceptors (Lipinski definition) is 7. The number of amides is 1. The van der Waals surface area contributed by atoms with Gasteiger partial charge in [-0.1, -0.05) is 0 Å². The summed E-state index contributed by atoms with van der Waals surface area (Å²) in [4.78, 5) is 15.9. The minimum absolute atomic E-state index is 0.127. The second-order valence-electron chi connectivity index (χ2n) is 7.81. The third kappa shape index (κ3) is 5.32. The third-order valence-electron chi connectivity index (χ3n) is 4.72. The first-order valence-corrected chi connectivity index (χ1v) is 10.0. The zero-order valence-electron chi connectivity index (χ0n) is 17.6. The molecule has 3 atom stereocenters. The number of rotatable bonds is 6. The van der Waals surface area contributed by atoms with Crippen LogP contribution in [0.25, 0.3) is 5.52 Å². The summed E-state index contributed by atoms with van der Waals surface area (Å²) < 4.78 is 64.6. The van der Waals surface area contributed by atoms with E-state index in [9.17, 15) is 22.4 Å². The monoisotopic (exact) mass is 471 g/mol. The molecule has 14 heteroatoms. The molecular weight excluding hydrogens is 450 g/mol. The summed E-state index contributed by atoms with van der Waals surface area (Å²) in [6, 6.07) is 2.60. The van der Waals surface area contributed by atoms with Crippen LogP contribution < -0.4 is 10.6 Å². The Balaban J connectivity index is 1.45. The fourth-order valence-electron chi connectivity index (χ4n) is 3.37. The molecule has 3 N–H and O–H groups in total. The summed E-state index contributed by atoms with van der Waals surface area (Å²) in [5, 5.41) is 16.0. The first-order valence-electron chi connectivity index (χ1n) is 10.0. The highest BCUT2D eigenvalue weighted by Crippen LogP contribution is 2.34. The van der Waals surface area contributed by atoms with Gasteiger partial charge in [-0.2, -0.15) is 23.4 Å². The SMILES string of the molecule is CC(C)NC(=O)O[C@@H]1CO[C@H](c2cc(Nc3nccn4nc(CC(F)(F)F)cc34)n[nH]2)[C@H]1F. The number of fused-ring (bicyclic) bond motifs is 1. The molecule has 1 aliphatic heterocycles. The van der Waals surface area contributed by atoms with Gasteiger partial charge in [-0.25, -0.2) is 18.7 Å². The number of carbonyl (C=O) groups excluding carboxylic acids is 1. The number of halogens is 4. The van der Waals surface area contributed by atoms with E-state index in [4.69, 9.17) is 9.47 Å². The molecule has 0 unspecified atom stereocenters. The van der Waals surface area contributed by atoms with Crippen molar-refractivity contribution >= 4 is 23.2 Å². The number of alkyl carbamates (subject to hydrolysis) is 1. The number of aromatic nitrogens is 5. The van der Waals surface area contributed by atoms with Gasteiger partial charge in [0, 0.05) is 24.5 Å². The number of hydrogen-bond donors (Lipinski definition) is 3. The zero-order valence-corrected chi connectivity index (χ0v) is 17.6. The number of nitrogens with one attached hydrogen (secondary N) is 3. The van der Waals surface area contributed by atoms with Crippen LogP contribution in [0.1, 0.15) is 31.3 Å². The predicted octanol–water partition coefficient (Wildman–Crippen LogP) is 3.21. The molecule has 0 spiro atoms. The quantitative estimate of drug-likeness (QED) is 0.473. The van der Waals surface area contributed by atoms with Crippen molar-refractivity contribution in [3.8, 4) is 0 Å². The van der Waals surface area contributed by atoms with Gasteiger partial charge in [0.25, 0.3) is 0 Å². The lowest BCUT2D eigenvalue weighted by Crippen LogP contribution is -2.36. The molecule has 3 aromatic heterocycles. The zero-order chi connectivity index (χ0) is 23.8. The van der Waals surface area contributed by atoms with Crippen molar-refractivity contribution in [1.29, 1.82) is 0 Å². The summed E-state index contributed by atoms with van der Waals surface area (Å²) in [5.41, 5.74) is 0.443. The van der Waals surface area contributed by atoms with Gasteiger partial charge < -0.3 is 20.1 Å². The number of nitrogens with zero attached hydrogens (tertiary/aromatic N) is 4. The van der Waals surface area contributed by atoms with Crippen LogP contribution in [-0.2, 0) is 15.9 Å². The van der Waals surface area contributed by atoms with E-state index in [0.29, 0.717) is 11.2 Å². The molecule has 0 saturated carbocycles. The van der Waals surface area contributed by atoms with Crippen molar-refractivity contribution in [2.24, 2.45) is 0 Å². The number of anilines is 2. The highest BCUT2D eigenvalue weighted by Gasteiger charge is 2.42. The van der Waals surface area contributed by atoms with Gasteiger partial charge in [-0.3, -0.25) is 5.10 Å². The Morgan fingerprint density at radius 3 is 2.91 bits per heavy atom. The smallest absolute Gasteiger partial charge is 0.407 e. The van der Waals surface area contributed by atoms with E-state index < -0.39 is 37.1 Å². The maximum atomic E-state index is 14.8. The molecule has 3 aromatic rings. The molecule has 4 rings (SSSR count). The highest BCUT2D eigenvalue weighted by molar-refractivity contribution is 5.72. The van der Waals surface area contributed by atoms with E-state index in [-0.39, 0.29) is 30.0 Å². The Kier molecular flexibility index (Phi) is 6.10. The molecule has 1 amide bonds. The fraction of sp³-hybridized carbons (Fsp3) is 0.474. The Bertz CT molecular complexity index is 1130. The van der Waals surface area contributed by atoms with Crippen molar-refractivity contribution in [2.75, 3.05) is 11.9 Å². The maximum Gasteiger partial charge on any atom is 0.407 e. The molecule has 4 heterocycles. The lowest BCUT2D eigenvalue weighted by atomic mass is 10.1. The Labute approximate surface area is 184 Å². The van der Waals surface area contributed by atoms with Crippen LogP contribution in [0.5, 0.6) is 0 Å². The minimum atomic E-state index is -4.39. The largest absolute Gasteiger partial charge is 0.441 e. The average Bonchev–Trinajstić information content (AvgIpc) is 3.40. The Morgan fingerprint density at radius 2 is 2.18 bits per heavy atom. The lowest BCUT2D eigenvalue weighted by molar-refractivity contribution is -0.127. The Morgan fingerprint density at radius 1 is 1.39 bits per heavy atom. The van der Waals surface area contributed by atoms with Crippen molar-refractivity contribution in [2.45, 2.75) is 50.9 Å². The van der Waals surface area contributed by atoms with Gasteiger partial charge in [-0.05, 0) is 19.9 Å². The van der Waals surface area contributed by atoms with Gasteiger partial charge in [0.05, 0.1) is 24.4 Å². The number of ether oxygens (including phenoxy) is 2. The van der Waals surface area contributed by atoms with Crippen LogP contribution in [0.4, 0.5) is 34.0 Å². The summed E-state index contributed by atoms with van der Waals surface area (Å²) >= 11 is 0. The summed E-state index contributed by atoms with van der Waals surface area (Å²) in [7, 11) is 0. The number of alkyl halides is 4. The van der Waals surface area contributed by atoms with Crippen LogP contribution in [0, 0.1) is 0 Å². The van der Waals surface area contributed by atoms with Crippen molar-refractivity contribution in [3.05, 3.63) is 35.9 Å². The molecule has 1 saturated heterocycles. The fourth-order valence-corrected chi connectivity index (χ4v) is 3.37. The predicted molar refractivity (Wildman–Crippen MR) is 107 cm³/mol. The molecule has 0 radical (unpaired) electrons. The molecule has 1 fully saturated rings. The van der Waals surface area contributed by atoms with Crippen molar-refractivity contribution in [3.63, 3.8) is 0 Å². The van der Waals surface area contributed by atoms with Crippen molar-refractivity contribution < 1.29 is 31.8 Å². The second-order valence-corrected chi connectivity index (χ2v) is 7.81. The molecule has 0 bridgehead atoms. The molecule has 178 valence electrons. The first-order chi connectivity index (χ1) is 15.6. The molecule has 33 heavy (non-hydrogen) atoms. The molecular formula is C19H21F4N7O3. The van der Waals surface area contributed by atoms with Crippen LogP contribution in [0.3, 0.4) is 0 Å². The van der Waals surface area contributed by atoms with Gasteiger partial charge in [0.1, 0.15) is 11.6 Å². The van der Waals surface area contributed by atoms with Crippen LogP contribution in [-0.4, -0.2) is 62.0 Å². The van der Waals surface area contributed by atoms with E-state index in [0.717, 1.165) is 0 Å². The molecule has 0 aromatic carbocycles. The normalized spacial score (nSPS) is 21.0. The molecule has 0 aliphatic carbocycles. The average molecular weight is 471 g/mol. The number of H-pyrrole nitrogens is 1. The molecule has 1 aliphatic rings. The van der Waals surface area contributed by atoms with Gasteiger partial charge in [-0.15, -0.1) is 0 Å². The summed E-state index contributed by atoms with van der Waals surface area (Å²) in [6.07, 6.45) is -7.25. The van der Waals surface area contributed by atoms with Crippen LogP contribution in [0.15, 0.2) is 24.5 Å². The van der Waals surface area contributed by atoms with Gasteiger partial charge >= 0.3 is 12.3 Å². The van der Waals surface area contributed by atoms with E-state index in [2.05, 4.69) is 30.9 Å². The van der Waals surface area contributed by atoms with E-state index in [1.807, 2.05) is 0 Å².